The van der Waals surface area contributed by atoms with Crippen LogP contribution >= 0.6 is 0 Å². The van der Waals surface area contributed by atoms with E-state index in [4.69, 9.17) is 5.73 Å². The van der Waals surface area contributed by atoms with Crippen molar-refractivity contribution < 1.29 is 4.79 Å². The number of pyridine rings is 1. The zero-order valence-electron chi connectivity index (χ0n) is 9.80. The van der Waals surface area contributed by atoms with Gasteiger partial charge in [-0.15, -0.1) is 0 Å². The normalized spacial score (nSPS) is 19.7. The van der Waals surface area contributed by atoms with Gasteiger partial charge in [-0.2, -0.15) is 0 Å². The van der Waals surface area contributed by atoms with Crippen LogP contribution < -0.4 is 11.1 Å². The molecule has 5 heteroatoms. The van der Waals surface area contributed by atoms with Crippen LogP contribution in [0.2, 0.25) is 0 Å². The molecule has 17 heavy (non-hydrogen) atoms. The molecule has 0 bridgehead atoms. The second kappa shape index (κ2) is 5.63. The number of nitrogens with one attached hydrogen (secondary N) is 1. The molecule has 0 radical (unpaired) electrons. The number of hydrogen-bond acceptors (Lipinski definition) is 4. The quantitative estimate of drug-likeness (QED) is 0.768. The maximum absolute atomic E-state index is 11.6. The van der Waals surface area contributed by atoms with E-state index < -0.39 is 0 Å². The first-order valence-corrected chi connectivity index (χ1v) is 5.91. The summed E-state index contributed by atoms with van der Waals surface area (Å²) in [4.78, 5) is 17.4. The predicted molar refractivity (Wildman–Crippen MR) is 66.5 cm³/mol. The van der Waals surface area contributed by atoms with E-state index in [1.807, 2.05) is 17.0 Å². The molecule has 0 spiro atoms. The molecule has 2 rings (SSSR count). The highest BCUT2D eigenvalue weighted by Gasteiger charge is 2.27. The lowest BCUT2D eigenvalue weighted by molar-refractivity contribution is -0.127. The van der Waals surface area contributed by atoms with Crippen molar-refractivity contribution in [2.24, 2.45) is 11.7 Å². The van der Waals surface area contributed by atoms with Gasteiger partial charge in [-0.3, -0.25) is 9.78 Å². The van der Waals surface area contributed by atoms with Crippen molar-refractivity contribution in [3.63, 3.8) is 0 Å². The molecule has 1 aliphatic rings. The SMILES string of the molecule is NCC1CC(=O)N(CCNc2ccncc2)C1. The van der Waals surface area contributed by atoms with Gasteiger partial charge in [0.25, 0.3) is 0 Å². The highest BCUT2D eigenvalue weighted by molar-refractivity contribution is 5.78. The summed E-state index contributed by atoms with van der Waals surface area (Å²) in [6.07, 6.45) is 4.09. The topological polar surface area (TPSA) is 71.2 Å². The minimum absolute atomic E-state index is 0.219. The summed E-state index contributed by atoms with van der Waals surface area (Å²) in [5.74, 6) is 0.556. The minimum Gasteiger partial charge on any atom is -0.383 e. The average molecular weight is 234 g/mol. The molecule has 1 aromatic heterocycles. The first kappa shape index (κ1) is 11.9. The first-order valence-electron chi connectivity index (χ1n) is 5.91. The maximum Gasteiger partial charge on any atom is 0.223 e. The van der Waals surface area contributed by atoms with Crippen LogP contribution in [-0.2, 0) is 4.79 Å². The van der Waals surface area contributed by atoms with Crippen molar-refractivity contribution in [3.05, 3.63) is 24.5 Å². The van der Waals surface area contributed by atoms with Crippen LogP contribution in [0.15, 0.2) is 24.5 Å². The number of hydrogen-bond donors (Lipinski definition) is 2. The molecule has 0 aromatic carbocycles. The van der Waals surface area contributed by atoms with E-state index in [9.17, 15) is 4.79 Å². The fraction of sp³-hybridized carbons (Fsp3) is 0.500. The second-order valence-corrected chi connectivity index (χ2v) is 4.31. The summed E-state index contributed by atoms with van der Waals surface area (Å²) >= 11 is 0. The molecule has 1 fully saturated rings. The Labute approximate surface area is 101 Å². The smallest absolute Gasteiger partial charge is 0.223 e. The van der Waals surface area contributed by atoms with Gasteiger partial charge in [0.15, 0.2) is 0 Å². The molecule has 0 saturated carbocycles. The Bertz CT molecular complexity index is 368. The molecule has 2 heterocycles. The Hall–Kier alpha value is -1.62. The number of rotatable bonds is 5. The molecule has 0 aliphatic carbocycles. The van der Waals surface area contributed by atoms with E-state index in [-0.39, 0.29) is 5.91 Å². The van der Waals surface area contributed by atoms with E-state index in [2.05, 4.69) is 10.3 Å². The Kier molecular flexibility index (Phi) is 3.93. The van der Waals surface area contributed by atoms with Gasteiger partial charge >= 0.3 is 0 Å². The lowest BCUT2D eigenvalue weighted by Gasteiger charge is -2.17. The summed E-state index contributed by atoms with van der Waals surface area (Å²) in [5, 5.41) is 3.26. The monoisotopic (exact) mass is 234 g/mol. The zero-order valence-corrected chi connectivity index (χ0v) is 9.80. The number of likely N-dealkylation sites (tertiary alicyclic amines) is 1. The standard InChI is InChI=1S/C12H18N4O/c13-8-10-7-12(17)16(9-10)6-5-15-11-1-3-14-4-2-11/h1-4,10H,5-9,13H2,(H,14,15). The highest BCUT2D eigenvalue weighted by Crippen LogP contribution is 2.15. The molecule has 1 amide bonds. The van der Waals surface area contributed by atoms with E-state index in [1.165, 1.54) is 0 Å². The molecule has 3 N–H and O–H groups in total. The lowest BCUT2D eigenvalue weighted by atomic mass is 10.1. The van der Waals surface area contributed by atoms with Gasteiger partial charge in [0.1, 0.15) is 0 Å². The number of nitrogens with two attached hydrogens (primary N) is 1. The fourth-order valence-corrected chi connectivity index (χ4v) is 2.03. The van der Waals surface area contributed by atoms with Crippen molar-refractivity contribution in [2.75, 3.05) is 31.5 Å². The van der Waals surface area contributed by atoms with Gasteiger partial charge in [0.2, 0.25) is 5.91 Å². The largest absolute Gasteiger partial charge is 0.383 e. The summed E-state index contributed by atoms with van der Waals surface area (Å²) in [6.45, 7) is 2.89. The van der Waals surface area contributed by atoms with Crippen LogP contribution in [-0.4, -0.2) is 42.0 Å². The molecule has 1 aromatic rings. The molecule has 5 nitrogen and oxygen atoms in total. The van der Waals surface area contributed by atoms with Crippen molar-refractivity contribution in [1.82, 2.24) is 9.88 Å². The number of carbonyl (C=O) groups is 1. The van der Waals surface area contributed by atoms with Crippen molar-refractivity contribution >= 4 is 11.6 Å². The van der Waals surface area contributed by atoms with E-state index in [0.29, 0.717) is 18.9 Å². The Balaban J connectivity index is 1.74. The van der Waals surface area contributed by atoms with Crippen LogP contribution in [0.3, 0.4) is 0 Å². The maximum atomic E-state index is 11.6. The Morgan fingerprint density at radius 2 is 2.24 bits per heavy atom. The van der Waals surface area contributed by atoms with Crippen LogP contribution in [0, 0.1) is 5.92 Å². The summed E-state index contributed by atoms with van der Waals surface area (Å²) in [5.41, 5.74) is 6.61. The molecular weight excluding hydrogens is 216 g/mol. The minimum atomic E-state index is 0.219. The van der Waals surface area contributed by atoms with Gasteiger partial charge in [-0.1, -0.05) is 0 Å². The van der Waals surface area contributed by atoms with Gasteiger partial charge in [-0.05, 0) is 24.6 Å². The summed E-state index contributed by atoms with van der Waals surface area (Å²) < 4.78 is 0. The first-order chi connectivity index (χ1) is 8.29. The lowest BCUT2D eigenvalue weighted by Crippen LogP contribution is -2.31. The number of anilines is 1. The fourth-order valence-electron chi connectivity index (χ4n) is 2.03. The number of carbonyl (C=O) groups excluding carboxylic acids is 1. The number of aromatic nitrogens is 1. The molecule has 1 atom stereocenters. The van der Waals surface area contributed by atoms with Crippen molar-refractivity contribution in [3.8, 4) is 0 Å². The molecule has 92 valence electrons. The zero-order chi connectivity index (χ0) is 12.1. The van der Waals surface area contributed by atoms with Gasteiger partial charge in [-0.25, -0.2) is 0 Å². The average Bonchev–Trinajstić information content (AvgIpc) is 2.72. The third-order valence-electron chi connectivity index (χ3n) is 3.02. The number of nitrogens with zero attached hydrogens (tertiary/aromatic N) is 2. The number of amides is 1. The molecule has 1 saturated heterocycles. The van der Waals surface area contributed by atoms with E-state index in [1.54, 1.807) is 12.4 Å². The summed E-state index contributed by atoms with van der Waals surface area (Å²) in [6, 6.07) is 3.82. The highest BCUT2D eigenvalue weighted by atomic mass is 16.2. The van der Waals surface area contributed by atoms with Crippen LogP contribution in [0.5, 0.6) is 0 Å². The Morgan fingerprint density at radius 3 is 2.88 bits per heavy atom. The van der Waals surface area contributed by atoms with Gasteiger partial charge in [0.05, 0.1) is 0 Å². The van der Waals surface area contributed by atoms with Crippen LogP contribution in [0.25, 0.3) is 0 Å². The molecule has 1 unspecified atom stereocenters. The van der Waals surface area contributed by atoms with Gasteiger partial charge < -0.3 is 16.0 Å². The van der Waals surface area contributed by atoms with Crippen molar-refractivity contribution in [1.29, 1.82) is 0 Å². The third-order valence-corrected chi connectivity index (χ3v) is 3.02. The predicted octanol–water partition coefficient (Wildman–Crippen LogP) is 0.301. The van der Waals surface area contributed by atoms with E-state index in [0.717, 1.165) is 25.3 Å². The van der Waals surface area contributed by atoms with Gasteiger partial charge in [0, 0.05) is 44.1 Å². The third kappa shape index (κ3) is 3.17. The Morgan fingerprint density at radius 1 is 1.47 bits per heavy atom. The second-order valence-electron chi connectivity index (χ2n) is 4.31. The summed E-state index contributed by atoms with van der Waals surface area (Å²) in [7, 11) is 0. The molecule has 1 aliphatic heterocycles. The molecular formula is C12H18N4O. The van der Waals surface area contributed by atoms with E-state index >= 15 is 0 Å². The van der Waals surface area contributed by atoms with Crippen LogP contribution in [0.1, 0.15) is 6.42 Å². The van der Waals surface area contributed by atoms with Crippen molar-refractivity contribution in [2.45, 2.75) is 6.42 Å². The van der Waals surface area contributed by atoms with Crippen LogP contribution in [0.4, 0.5) is 5.69 Å².